The number of rotatable bonds is 9. The van der Waals surface area contributed by atoms with E-state index in [4.69, 9.17) is 4.74 Å². The van der Waals surface area contributed by atoms with E-state index in [2.05, 4.69) is 29.6 Å². The van der Waals surface area contributed by atoms with Gasteiger partial charge in [0.2, 0.25) is 5.91 Å². The largest absolute Gasteiger partial charge is 0.479 e. The summed E-state index contributed by atoms with van der Waals surface area (Å²) in [7, 11) is 0. The predicted molar refractivity (Wildman–Crippen MR) is 133 cm³/mol. The lowest BCUT2D eigenvalue weighted by Crippen LogP contribution is -2.55. The molecule has 1 heterocycles. The summed E-state index contributed by atoms with van der Waals surface area (Å²) in [5, 5.41) is 12.6. The van der Waals surface area contributed by atoms with Crippen molar-refractivity contribution in [3.8, 4) is 11.1 Å². The highest BCUT2D eigenvalue weighted by molar-refractivity contribution is 5.89. The van der Waals surface area contributed by atoms with E-state index in [0.717, 1.165) is 28.7 Å². The molecule has 4 rings (SSSR count). The van der Waals surface area contributed by atoms with Crippen LogP contribution in [0.4, 0.5) is 4.79 Å². The first-order chi connectivity index (χ1) is 16.9. The molecule has 2 aliphatic rings. The van der Waals surface area contributed by atoms with Gasteiger partial charge in [0.05, 0.1) is 5.92 Å². The van der Waals surface area contributed by atoms with Crippen molar-refractivity contribution in [3.63, 3.8) is 0 Å². The average molecular weight is 479 g/mol. The van der Waals surface area contributed by atoms with Gasteiger partial charge in [-0.1, -0.05) is 68.8 Å². The number of hydrogen-bond acceptors (Lipinski definition) is 4. The maximum Gasteiger partial charge on any atom is 0.407 e. The maximum absolute atomic E-state index is 13.3. The third-order valence-electron chi connectivity index (χ3n) is 7.56. The Bertz CT molecular complexity index is 1050. The van der Waals surface area contributed by atoms with Crippen LogP contribution < -0.4 is 5.32 Å². The molecule has 7 heteroatoms. The van der Waals surface area contributed by atoms with Crippen molar-refractivity contribution in [2.45, 2.75) is 57.4 Å². The molecule has 2 aromatic rings. The number of likely N-dealkylation sites (tertiary alicyclic amines) is 1. The number of alkyl carbamates (subject to hydrolysis) is 1. The van der Waals surface area contributed by atoms with E-state index in [1.165, 1.54) is 4.90 Å². The number of ether oxygens (including phenoxy) is 1. The van der Waals surface area contributed by atoms with Gasteiger partial charge in [0.25, 0.3) is 0 Å². The Morgan fingerprint density at radius 1 is 1.09 bits per heavy atom. The number of carboxylic acid groups (broad SMARTS) is 1. The first kappa shape index (κ1) is 24.8. The molecule has 1 aliphatic carbocycles. The number of fused-ring (bicyclic) bond motifs is 3. The zero-order valence-electron chi connectivity index (χ0n) is 20.5. The van der Waals surface area contributed by atoms with Crippen molar-refractivity contribution in [1.29, 1.82) is 0 Å². The van der Waals surface area contributed by atoms with Crippen LogP contribution in [0.15, 0.2) is 48.5 Å². The van der Waals surface area contributed by atoms with Gasteiger partial charge < -0.3 is 20.1 Å². The fraction of sp³-hybridized carbons (Fsp3) is 0.464. The van der Waals surface area contributed by atoms with Crippen LogP contribution in [0, 0.1) is 5.92 Å². The number of carboxylic acids is 1. The molecule has 0 bridgehead atoms. The van der Waals surface area contributed by atoms with E-state index in [9.17, 15) is 19.5 Å². The molecule has 2 atom stereocenters. The molecular weight excluding hydrogens is 444 g/mol. The van der Waals surface area contributed by atoms with Crippen LogP contribution in [-0.4, -0.2) is 53.2 Å². The van der Waals surface area contributed by atoms with Crippen LogP contribution in [0.2, 0.25) is 0 Å². The van der Waals surface area contributed by atoms with Crippen molar-refractivity contribution in [1.82, 2.24) is 10.2 Å². The fourth-order valence-electron chi connectivity index (χ4n) is 5.68. The third kappa shape index (κ3) is 4.64. The summed E-state index contributed by atoms with van der Waals surface area (Å²) in [4.78, 5) is 39.5. The summed E-state index contributed by atoms with van der Waals surface area (Å²) in [5.41, 5.74) is 3.45. The van der Waals surface area contributed by atoms with Gasteiger partial charge in [0, 0.05) is 19.0 Å². The molecule has 0 radical (unpaired) electrons. The highest BCUT2D eigenvalue weighted by Crippen LogP contribution is 2.44. The summed E-state index contributed by atoms with van der Waals surface area (Å²) in [6, 6.07) is 16.3. The van der Waals surface area contributed by atoms with Crippen molar-refractivity contribution in [2.24, 2.45) is 5.92 Å². The van der Waals surface area contributed by atoms with E-state index < -0.39 is 23.5 Å². The molecule has 1 fully saturated rings. The Balaban J connectivity index is 1.38. The molecule has 1 aliphatic heterocycles. The molecule has 35 heavy (non-hydrogen) atoms. The highest BCUT2D eigenvalue weighted by Gasteiger charge is 2.49. The zero-order chi connectivity index (χ0) is 25.0. The zero-order valence-corrected chi connectivity index (χ0v) is 20.5. The molecule has 186 valence electrons. The van der Waals surface area contributed by atoms with Gasteiger partial charge in [-0.3, -0.25) is 4.79 Å². The van der Waals surface area contributed by atoms with E-state index >= 15 is 0 Å². The summed E-state index contributed by atoms with van der Waals surface area (Å²) in [6.45, 7) is 4.55. The Hall–Kier alpha value is -3.35. The molecule has 2 unspecified atom stereocenters. The SMILES string of the molecule is CCCC(CNC(=O)OCC1c2ccccc2-c2ccccc21)C(=O)N1CCCC1(CC)C(=O)O. The van der Waals surface area contributed by atoms with E-state index in [0.29, 0.717) is 32.2 Å². The number of amides is 2. The first-order valence-electron chi connectivity index (χ1n) is 12.6. The van der Waals surface area contributed by atoms with Gasteiger partial charge in [0.1, 0.15) is 12.1 Å². The summed E-state index contributed by atoms with van der Waals surface area (Å²) in [6.07, 6.45) is 2.25. The van der Waals surface area contributed by atoms with Crippen molar-refractivity contribution in [2.75, 3.05) is 19.7 Å². The number of nitrogens with zero attached hydrogens (tertiary/aromatic N) is 1. The van der Waals surface area contributed by atoms with Gasteiger partial charge in [-0.15, -0.1) is 0 Å². The molecule has 7 nitrogen and oxygen atoms in total. The molecule has 2 amide bonds. The standard InChI is InChI=1S/C28H34N2O5/c1-3-10-19(25(31)30-16-9-15-28(30,4-2)26(32)33)17-29-27(34)35-18-24-22-13-7-5-11-20(22)21-12-6-8-14-23(21)24/h5-8,11-14,19,24H,3-4,9-10,15-18H2,1-2H3,(H,29,34)(H,32,33). The Labute approximate surface area is 206 Å². The normalized spacial score (nSPS) is 19.7. The lowest BCUT2D eigenvalue weighted by atomic mass is 9.91. The van der Waals surface area contributed by atoms with Gasteiger partial charge in [-0.05, 0) is 47.9 Å². The second kappa shape index (κ2) is 10.5. The van der Waals surface area contributed by atoms with Crippen LogP contribution in [0.3, 0.4) is 0 Å². The van der Waals surface area contributed by atoms with Crippen molar-refractivity contribution >= 4 is 18.0 Å². The molecule has 0 spiro atoms. The highest BCUT2D eigenvalue weighted by atomic mass is 16.5. The van der Waals surface area contributed by atoms with E-state index in [-0.39, 0.29) is 25.0 Å². The average Bonchev–Trinajstić information content (AvgIpc) is 3.45. The van der Waals surface area contributed by atoms with Crippen LogP contribution in [-0.2, 0) is 14.3 Å². The topological polar surface area (TPSA) is 95.9 Å². The van der Waals surface area contributed by atoms with Crippen LogP contribution >= 0.6 is 0 Å². The van der Waals surface area contributed by atoms with Crippen molar-refractivity contribution < 1.29 is 24.2 Å². The minimum absolute atomic E-state index is 0.0356. The second-order valence-electron chi connectivity index (χ2n) is 9.48. The molecular formula is C28H34N2O5. The number of aliphatic carboxylic acids is 1. The number of carbonyl (C=O) groups is 3. The number of benzene rings is 2. The molecule has 0 aromatic heterocycles. The van der Waals surface area contributed by atoms with Crippen LogP contribution in [0.25, 0.3) is 11.1 Å². The third-order valence-corrected chi connectivity index (χ3v) is 7.56. The van der Waals surface area contributed by atoms with Gasteiger partial charge in [0.15, 0.2) is 0 Å². The maximum atomic E-state index is 13.3. The molecule has 0 saturated carbocycles. The van der Waals surface area contributed by atoms with Gasteiger partial charge >= 0.3 is 12.1 Å². The lowest BCUT2D eigenvalue weighted by molar-refractivity contribution is -0.158. The predicted octanol–water partition coefficient (Wildman–Crippen LogP) is 4.80. The summed E-state index contributed by atoms with van der Waals surface area (Å²) in [5.74, 6) is -1.67. The second-order valence-corrected chi connectivity index (χ2v) is 9.48. The quantitative estimate of drug-likeness (QED) is 0.540. The van der Waals surface area contributed by atoms with E-state index in [1.54, 1.807) is 0 Å². The summed E-state index contributed by atoms with van der Waals surface area (Å²) >= 11 is 0. The minimum atomic E-state index is -1.15. The number of carbonyl (C=O) groups excluding carboxylic acids is 2. The Kier molecular flexibility index (Phi) is 7.43. The smallest absolute Gasteiger partial charge is 0.407 e. The minimum Gasteiger partial charge on any atom is -0.479 e. The van der Waals surface area contributed by atoms with E-state index in [1.807, 2.05) is 38.1 Å². The summed E-state index contributed by atoms with van der Waals surface area (Å²) < 4.78 is 5.60. The fourth-order valence-corrected chi connectivity index (χ4v) is 5.68. The van der Waals surface area contributed by atoms with Crippen LogP contribution in [0.5, 0.6) is 0 Å². The van der Waals surface area contributed by atoms with Crippen molar-refractivity contribution in [3.05, 3.63) is 59.7 Å². The molecule has 2 aromatic carbocycles. The lowest BCUT2D eigenvalue weighted by Gasteiger charge is -2.36. The van der Waals surface area contributed by atoms with Gasteiger partial charge in [-0.2, -0.15) is 0 Å². The van der Waals surface area contributed by atoms with Crippen LogP contribution in [0.1, 0.15) is 63.0 Å². The van der Waals surface area contributed by atoms with Gasteiger partial charge in [-0.25, -0.2) is 9.59 Å². The number of hydrogen-bond donors (Lipinski definition) is 2. The monoisotopic (exact) mass is 478 g/mol. The Morgan fingerprint density at radius 2 is 1.71 bits per heavy atom. The molecule has 1 saturated heterocycles. The number of nitrogens with one attached hydrogen (secondary N) is 1. The molecule has 2 N–H and O–H groups in total. The Morgan fingerprint density at radius 3 is 2.29 bits per heavy atom. The first-order valence-corrected chi connectivity index (χ1v) is 12.6.